The molecule has 0 amide bonds. The normalized spacial score (nSPS) is 12.0. The van der Waals surface area contributed by atoms with E-state index >= 15 is 4.39 Å². The van der Waals surface area contributed by atoms with Crippen LogP contribution in [0.3, 0.4) is 0 Å². The smallest absolute Gasteiger partial charge is 0.227 e. The van der Waals surface area contributed by atoms with Crippen LogP contribution in [0.15, 0.2) is 68.2 Å². The van der Waals surface area contributed by atoms with Gasteiger partial charge in [-0.1, -0.05) is 73.9 Å². The van der Waals surface area contributed by atoms with Crippen LogP contribution >= 0.6 is 11.3 Å². The Bertz CT molecular complexity index is 2010. The number of halogens is 2. The van der Waals surface area contributed by atoms with E-state index < -0.39 is 11.6 Å². The summed E-state index contributed by atoms with van der Waals surface area (Å²) in [5.74, 6) is 1.23. The molecule has 2 aromatic carbocycles. The Labute approximate surface area is 324 Å². The van der Waals surface area contributed by atoms with Gasteiger partial charge in [0, 0.05) is 47.2 Å². The molecular weight excluding hydrogens is 703 g/mol. The highest BCUT2D eigenvalue weighted by Gasteiger charge is 2.19. The molecule has 1 N–H and O–H groups in total. The summed E-state index contributed by atoms with van der Waals surface area (Å²) < 4.78 is 41.9. The van der Waals surface area contributed by atoms with E-state index in [0.717, 1.165) is 60.9 Å². The number of aromatic nitrogens is 2. The van der Waals surface area contributed by atoms with Crippen molar-refractivity contribution in [1.82, 2.24) is 9.97 Å². The van der Waals surface area contributed by atoms with Crippen LogP contribution in [-0.2, 0) is 4.74 Å². The van der Waals surface area contributed by atoms with Gasteiger partial charge >= 0.3 is 0 Å². The molecule has 2 unspecified atom stereocenters. The molecule has 0 radical (unpaired) electrons. The Morgan fingerprint density at radius 1 is 0.944 bits per heavy atom. The minimum atomic E-state index is -0.653. The quantitative estimate of drug-likeness (QED) is 0.0949. The van der Waals surface area contributed by atoms with Gasteiger partial charge in [0.25, 0.3) is 0 Å². The Balaban J connectivity index is 0.000000477. The third-order valence-corrected chi connectivity index (χ3v) is 9.38. The van der Waals surface area contributed by atoms with Crippen molar-refractivity contribution in [3.63, 3.8) is 0 Å². The second-order valence-corrected chi connectivity index (χ2v) is 15.4. The zero-order chi connectivity index (χ0) is 39.9. The first-order valence-electron chi connectivity index (χ1n) is 19.0. The highest BCUT2D eigenvalue weighted by molar-refractivity contribution is 7.17. The van der Waals surface area contributed by atoms with Gasteiger partial charge in [0.1, 0.15) is 27.7 Å². The molecule has 0 bridgehead atoms. The molecule has 2 atom stereocenters. The van der Waals surface area contributed by atoms with Gasteiger partial charge in [-0.05, 0) is 93.2 Å². The first-order chi connectivity index (χ1) is 25.7. The van der Waals surface area contributed by atoms with E-state index in [1.54, 1.807) is 13.0 Å². The molecule has 0 aliphatic heterocycles. The monoisotopic (exact) mass is 760 g/mol. The minimum absolute atomic E-state index is 0.00327. The highest BCUT2D eigenvalue weighted by atomic mass is 32.1. The van der Waals surface area contributed by atoms with Gasteiger partial charge in [0.05, 0.1) is 6.20 Å². The fourth-order valence-electron chi connectivity index (χ4n) is 5.18. The van der Waals surface area contributed by atoms with Crippen molar-refractivity contribution in [2.75, 3.05) is 18.5 Å². The van der Waals surface area contributed by atoms with Crippen LogP contribution < -0.4 is 10.7 Å². The first kappa shape index (κ1) is 44.1. The van der Waals surface area contributed by atoms with Gasteiger partial charge in [-0.25, -0.2) is 18.7 Å². The molecule has 5 aromatic rings. The van der Waals surface area contributed by atoms with E-state index in [-0.39, 0.29) is 28.7 Å². The maximum Gasteiger partial charge on any atom is 0.227 e. The van der Waals surface area contributed by atoms with Crippen molar-refractivity contribution in [2.24, 2.45) is 16.8 Å². The Morgan fingerprint density at radius 3 is 2.24 bits per heavy atom. The molecule has 0 saturated carbocycles. The second kappa shape index (κ2) is 21.6. The largest absolute Gasteiger partial charge is 0.460 e. The van der Waals surface area contributed by atoms with Crippen LogP contribution in [0.1, 0.15) is 112 Å². The zero-order valence-electron chi connectivity index (χ0n) is 33.9. The van der Waals surface area contributed by atoms with Gasteiger partial charge in [0.15, 0.2) is 11.4 Å². The van der Waals surface area contributed by atoms with E-state index in [1.165, 1.54) is 36.3 Å². The lowest BCUT2D eigenvalue weighted by Gasteiger charge is -2.16. The van der Waals surface area contributed by atoms with Crippen LogP contribution in [0.2, 0.25) is 0 Å². The van der Waals surface area contributed by atoms with E-state index in [4.69, 9.17) is 9.15 Å². The number of nitrogens with one attached hydrogen (secondary N) is 1. The van der Waals surface area contributed by atoms with E-state index in [2.05, 4.69) is 61.8 Å². The second-order valence-electron chi connectivity index (χ2n) is 14.5. The highest BCUT2D eigenvalue weighted by Crippen LogP contribution is 2.37. The number of hydrogen-bond donors (Lipinski definition) is 1. The number of aryl methyl sites for hydroxylation is 1. The number of fused-ring (bicyclic) bond motifs is 1. The van der Waals surface area contributed by atoms with Crippen molar-refractivity contribution < 1.29 is 17.9 Å². The van der Waals surface area contributed by atoms with Gasteiger partial charge < -0.3 is 14.5 Å². The SMILES string of the molecule is CC(C)C.CCC(C)c1cc(-c2nc(Nc3ccc(-c4csc5c(=O)cc(C)oc45)cc3)ncc2F)cc(F)c1N=C(C)C.CCCOCCC(C)CC. The topological polar surface area (TPSA) is 89.6 Å². The van der Waals surface area contributed by atoms with Crippen molar-refractivity contribution in [3.05, 3.63) is 87.2 Å². The fourth-order valence-corrected chi connectivity index (χ4v) is 6.09. The Morgan fingerprint density at radius 2 is 1.63 bits per heavy atom. The average molecular weight is 761 g/mol. The average Bonchev–Trinajstić information content (AvgIpc) is 3.55. The molecule has 0 aliphatic carbocycles. The zero-order valence-corrected chi connectivity index (χ0v) is 34.7. The summed E-state index contributed by atoms with van der Waals surface area (Å²) in [5.41, 5.74) is 4.92. The van der Waals surface area contributed by atoms with Crippen molar-refractivity contribution in [1.29, 1.82) is 0 Å². The number of hydrogen-bond acceptors (Lipinski definition) is 8. The molecule has 0 spiro atoms. The Hall–Kier alpha value is -4.28. The molecule has 54 heavy (non-hydrogen) atoms. The van der Waals surface area contributed by atoms with Gasteiger partial charge in [-0.2, -0.15) is 0 Å². The summed E-state index contributed by atoms with van der Waals surface area (Å²) in [4.78, 5) is 25.1. The standard InChI is InChI=1S/C31H28F2N4O2S.C9H20O.C4H10/c1-6-17(4)22-12-20(13-24(32)28(22)35-16(2)3)27-25(33)14-34-31(37-27)36-21-9-7-19(8-10-21)23-15-40-30-26(38)11-18(5)39-29(23)30;1-4-7-10-8-6-9(3)5-2;1-4(2)3/h7-15,17H,6H2,1-5H3,(H,34,36,37);9H,4-8H2,1-3H3;4H,1-3H3. The van der Waals surface area contributed by atoms with E-state index in [0.29, 0.717) is 32.9 Å². The molecule has 0 aliphatic rings. The number of aliphatic imine (C=N–C) groups is 1. The molecule has 0 fully saturated rings. The summed E-state index contributed by atoms with van der Waals surface area (Å²) in [5, 5.41) is 5.00. The molecular formula is C44H58F2N4O3S. The predicted octanol–water partition coefficient (Wildman–Crippen LogP) is 13.4. The van der Waals surface area contributed by atoms with E-state index in [9.17, 15) is 9.18 Å². The third-order valence-electron chi connectivity index (χ3n) is 8.41. The maximum absolute atomic E-state index is 15.2. The molecule has 0 saturated heterocycles. The molecule has 292 valence electrons. The molecule has 5 rings (SSSR count). The number of benzene rings is 2. The van der Waals surface area contributed by atoms with Crippen molar-refractivity contribution in [3.8, 4) is 22.4 Å². The van der Waals surface area contributed by atoms with Crippen LogP contribution in [0.4, 0.5) is 26.1 Å². The van der Waals surface area contributed by atoms with Crippen LogP contribution in [0, 0.1) is 30.4 Å². The predicted molar refractivity (Wildman–Crippen MR) is 224 cm³/mol. The molecule has 10 heteroatoms. The maximum atomic E-state index is 15.2. The minimum Gasteiger partial charge on any atom is -0.460 e. The lowest BCUT2D eigenvalue weighted by atomic mass is 9.93. The summed E-state index contributed by atoms with van der Waals surface area (Å²) >= 11 is 1.35. The summed E-state index contributed by atoms with van der Waals surface area (Å²) in [6.45, 7) is 24.4. The lowest BCUT2D eigenvalue weighted by Crippen LogP contribution is -2.02. The van der Waals surface area contributed by atoms with Gasteiger partial charge in [0.2, 0.25) is 11.4 Å². The number of ether oxygens (including phenoxy) is 1. The Kier molecular flexibility index (Phi) is 17.6. The number of nitrogens with zero attached hydrogens (tertiary/aromatic N) is 3. The van der Waals surface area contributed by atoms with Crippen LogP contribution in [0.25, 0.3) is 32.7 Å². The summed E-state index contributed by atoms with van der Waals surface area (Å²) in [7, 11) is 0. The molecule has 3 heterocycles. The lowest BCUT2D eigenvalue weighted by molar-refractivity contribution is 0.122. The van der Waals surface area contributed by atoms with Crippen molar-refractivity contribution in [2.45, 2.75) is 108 Å². The number of thiophene rings is 1. The molecule has 7 nitrogen and oxygen atoms in total. The van der Waals surface area contributed by atoms with Crippen LogP contribution in [-0.4, -0.2) is 28.9 Å². The third kappa shape index (κ3) is 12.9. The van der Waals surface area contributed by atoms with Crippen molar-refractivity contribution >= 4 is 44.7 Å². The summed E-state index contributed by atoms with van der Waals surface area (Å²) in [6, 6.07) is 12.0. The van der Waals surface area contributed by atoms with Gasteiger partial charge in [-0.3, -0.25) is 9.79 Å². The van der Waals surface area contributed by atoms with Crippen LogP contribution in [0.5, 0.6) is 0 Å². The van der Waals surface area contributed by atoms with Gasteiger partial charge in [-0.15, -0.1) is 11.3 Å². The first-order valence-corrected chi connectivity index (χ1v) is 19.9. The summed E-state index contributed by atoms with van der Waals surface area (Å²) in [6.07, 6.45) is 5.48. The molecule has 3 aromatic heterocycles. The van der Waals surface area contributed by atoms with E-state index in [1.807, 2.05) is 57.3 Å². The fraction of sp³-hybridized carbons (Fsp3) is 0.455. The number of anilines is 2. The number of rotatable bonds is 13.